The minimum atomic E-state index is -0.0706. The molecule has 0 unspecified atom stereocenters. The van der Waals surface area contributed by atoms with Crippen LogP contribution in [0, 0.1) is 0 Å². The highest BCUT2D eigenvalue weighted by Crippen LogP contribution is 2.26. The third kappa shape index (κ3) is 4.73. The van der Waals surface area contributed by atoms with Crippen molar-refractivity contribution >= 4 is 39.9 Å². The molecule has 0 saturated carbocycles. The van der Waals surface area contributed by atoms with Crippen LogP contribution in [0.5, 0.6) is 0 Å². The first-order valence-electron chi connectivity index (χ1n) is 10.4. The summed E-state index contributed by atoms with van der Waals surface area (Å²) in [6.45, 7) is 1.52. The Hall–Kier alpha value is -3.45. The van der Waals surface area contributed by atoms with Gasteiger partial charge in [-0.1, -0.05) is 24.3 Å². The van der Waals surface area contributed by atoms with E-state index in [9.17, 15) is 4.79 Å². The fourth-order valence-corrected chi connectivity index (χ4v) is 4.03. The van der Waals surface area contributed by atoms with Crippen LogP contribution in [0.3, 0.4) is 0 Å². The standard InChI is InChI=1S/C25H23N5O.BrH/c1-18(31)26-21-10-8-19(9-11-21)20(14-22-16-29-12-4-2-6-24(29)27-22)15-23-17-30-13-5-3-7-25(30)28-23;/h2-13,16-17,20H,14-15H2,1H3,(H,26,31);1H. The summed E-state index contributed by atoms with van der Waals surface area (Å²) in [5, 5.41) is 2.84. The van der Waals surface area contributed by atoms with Crippen molar-refractivity contribution in [3.63, 3.8) is 0 Å². The van der Waals surface area contributed by atoms with Crippen LogP contribution in [0.2, 0.25) is 0 Å². The Morgan fingerprint density at radius 2 is 1.38 bits per heavy atom. The van der Waals surface area contributed by atoms with Gasteiger partial charge in [0.15, 0.2) is 0 Å². The molecule has 0 spiro atoms. The maximum atomic E-state index is 11.4. The van der Waals surface area contributed by atoms with Gasteiger partial charge < -0.3 is 14.1 Å². The van der Waals surface area contributed by atoms with Crippen molar-refractivity contribution in [1.82, 2.24) is 18.8 Å². The lowest BCUT2D eigenvalue weighted by Crippen LogP contribution is -2.09. The molecule has 0 aliphatic carbocycles. The van der Waals surface area contributed by atoms with E-state index in [0.717, 1.165) is 41.2 Å². The SMILES string of the molecule is Br.CC(=O)Nc1ccc(C(Cc2cn3ccccc3n2)Cc2cn3ccccc3n2)cc1. The predicted molar refractivity (Wildman–Crippen MR) is 132 cm³/mol. The molecule has 5 rings (SSSR count). The van der Waals surface area contributed by atoms with Crippen LogP contribution in [0.25, 0.3) is 11.3 Å². The topological polar surface area (TPSA) is 63.7 Å². The second-order valence-corrected chi connectivity index (χ2v) is 7.81. The van der Waals surface area contributed by atoms with Crippen LogP contribution in [0.1, 0.15) is 29.8 Å². The lowest BCUT2D eigenvalue weighted by molar-refractivity contribution is -0.114. The van der Waals surface area contributed by atoms with E-state index < -0.39 is 0 Å². The van der Waals surface area contributed by atoms with Gasteiger partial charge in [0, 0.05) is 37.4 Å². The molecule has 5 aromatic rings. The zero-order valence-corrected chi connectivity index (χ0v) is 19.4. The summed E-state index contributed by atoms with van der Waals surface area (Å²) in [5.41, 5.74) is 5.99. The van der Waals surface area contributed by atoms with Crippen molar-refractivity contribution in [2.24, 2.45) is 0 Å². The number of amides is 1. The molecule has 0 atom stereocenters. The van der Waals surface area contributed by atoms with Crippen molar-refractivity contribution in [3.8, 4) is 0 Å². The summed E-state index contributed by atoms with van der Waals surface area (Å²) in [5.74, 6) is 0.139. The summed E-state index contributed by atoms with van der Waals surface area (Å²) < 4.78 is 4.11. The van der Waals surface area contributed by atoms with Gasteiger partial charge in [-0.3, -0.25) is 4.79 Å². The number of hydrogen-bond donors (Lipinski definition) is 1. The van der Waals surface area contributed by atoms with Gasteiger partial charge in [-0.25, -0.2) is 9.97 Å². The Balaban J connectivity index is 0.00000245. The monoisotopic (exact) mass is 489 g/mol. The molecule has 4 aromatic heterocycles. The molecule has 7 heteroatoms. The average Bonchev–Trinajstić information content (AvgIpc) is 3.36. The largest absolute Gasteiger partial charge is 0.326 e. The fourth-order valence-electron chi connectivity index (χ4n) is 4.03. The summed E-state index contributed by atoms with van der Waals surface area (Å²) in [4.78, 5) is 21.0. The van der Waals surface area contributed by atoms with Crippen LogP contribution in [0.4, 0.5) is 5.69 Å². The van der Waals surface area contributed by atoms with Crippen molar-refractivity contribution in [1.29, 1.82) is 0 Å². The first-order valence-corrected chi connectivity index (χ1v) is 10.4. The number of pyridine rings is 2. The Morgan fingerprint density at radius 3 is 1.84 bits per heavy atom. The van der Waals surface area contributed by atoms with Gasteiger partial charge in [-0.2, -0.15) is 0 Å². The lowest BCUT2D eigenvalue weighted by Gasteiger charge is -2.16. The quantitative estimate of drug-likeness (QED) is 0.361. The second kappa shape index (κ2) is 9.36. The predicted octanol–water partition coefficient (Wildman–Crippen LogP) is 5.09. The van der Waals surface area contributed by atoms with Crippen molar-refractivity contribution in [2.45, 2.75) is 25.7 Å². The molecular formula is C25H24BrN5O. The van der Waals surface area contributed by atoms with Crippen molar-refractivity contribution in [3.05, 3.63) is 102 Å². The third-order valence-corrected chi connectivity index (χ3v) is 5.44. The molecule has 0 fully saturated rings. The minimum Gasteiger partial charge on any atom is -0.326 e. The summed E-state index contributed by atoms with van der Waals surface area (Å²) >= 11 is 0. The van der Waals surface area contributed by atoms with Gasteiger partial charge >= 0.3 is 0 Å². The van der Waals surface area contributed by atoms with Gasteiger partial charge in [-0.15, -0.1) is 17.0 Å². The van der Waals surface area contributed by atoms with Gasteiger partial charge in [0.2, 0.25) is 5.91 Å². The maximum Gasteiger partial charge on any atom is 0.221 e. The number of aromatic nitrogens is 4. The number of halogens is 1. The van der Waals surface area contributed by atoms with E-state index in [1.165, 1.54) is 12.5 Å². The Labute approximate surface area is 196 Å². The summed E-state index contributed by atoms with van der Waals surface area (Å²) in [7, 11) is 0. The number of nitrogens with zero attached hydrogens (tertiary/aromatic N) is 4. The van der Waals surface area contributed by atoms with Crippen LogP contribution in [-0.2, 0) is 17.6 Å². The molecular weight excluding hydrogens is 466 g/mol. The van der Waals surface area contributed by atoms with Crippen LogP contribution < -0.4 is 5.32 Å². The molecule has 162 valence electrons. The molecule has 6 nitrogen and oxygen atoms in total. The van der Waals surface area contributed by atoms with E-state index in [-0.39, 0.29) is 28.8 Å². The number of imidazole rings is 2. The highest BCUT2D eigenvalue weighted by molar-refractivity contribution is 8.93. The number of benzene rings is 1. The number of hydrogen-bond acceptors (Lipinski definition) is 3. The van der Waals surface area contributed by atoms with Gasteiger partial charge in [0.1, 0.15) is 11.3 Å². The average molecular weight is 490 g/mol. The maximum absolute atomic E-state index is 11.4. The number of rotatable bonds is 6. The van der Waals surface area contributed by atoms with Crippen LogP contribution in [-0.4, -0.2) is 24.7 Å². The summed E-state index contributed by atoms with van der Waals surface area (Å²) in [6, 6.07) is 20.1. The highest BCUT2D eigenvalue weighted by Gasteiger charge is 2.17. The second-order valence-electron chi connectivity index (χ2n) is 7.81. The Morgan fingerprint density at radius 1 is 0.844 bits per heavy atom. The molecule has 0 bridgehead atoms. The first-order chi connectivity index (χ1) is 15.1. The molecule has 1 N–H and O–H groups in total. The number of carbonyl (C=O) groups is 1. The van der Waals surface area contributed by atoms with E-state index in [1.807, 2.05) is 60.9 Å². The molecule has 4 heterocycles. The minimum absolute atomic E-state index is 0. The van der Waals surface area contributed by atoms with E-state index >= 15 is 0 Å². The molecule has 0 aliphatic rings. The molecule has 1 amide bonds. The van der Waals surface area contributed by atoms with E-state index in [0.29, 0.717) is 0 Å². The van der Waals surface area contributed by atoms with E-state index in [1.54, 1.807) is 0 Å². The number of fused-ring (bicyclic) bond motifs is 2. The zero-order valence-electron chi connectivity index (χ0n) is 17.7. The fraction of sp³-hybridized carbons (Fsp3) is 0.160. The molecule has 1 aromatic carbocycles. The molecule has 0 aliphatic heterocycles. The lowest BCUT2D eigenvalue weighted by atomic mass is 9.90. The number of anilines is 1. The third-order valence-electron chi connectivity index (χ3n) is 5.44. The number of carbonyl (C=O) groups excluding carboxylic acids is 1. The van der Waals surface area contributed by atoms with Crippen LogP contribution >= 0.6 is 17.0 Å². The molecule has 32 heavy (non-hydrogen) atoms. The highest BCUT2D eigenvalue weighted by atomic mass is 79.9. The normalized spacial score (nSPS) is 11.1. The smallest absolute Gasteiger partial charge is 0.221 e. The first kappa shape index (κ1) is 21.8. The van der Waals surface area contributed by atoms with Gasteiger partial charge in [0.25, 0.3) is 0 Å². The number of nitrogens with one attached hydrogen (secondary N) is 1. The Bertz CT molecular complexity index is 1210. The van der Waals surface area contributed by atoms with Crippen molar-refractivity contribution < 1.29 is 4.79 Å². The van der Waals surface area contributed by atoms with Gasteiger partial charge in [-0.05, 0) is 60.7 Å². The van der Waals surface area contributed by atoms with Gasteiger partial charge in [0.05, 0.1) is 11.4 Å². The molecule has 0 radical (unpaired) electrons. The van der Waals surface area contributed by atoms with Crippen LogP contribution in [0.15, 0.2) is 85.5 Å². The van der Waals surface area contributed by atoms with E-state index in [2.05, 4.69) is 38.6 Å². The van der Waals surface area contributed by atoms with E-state index in [4.69, 9.17) is 9.97 Å². The Kier molecular flexibility index (Phi) is 6.37. The van der Waals surface area contributed by atoms with Crippen molar-refractivity contribution in [2.75, 3.05) is 5.32 Å². The summed E-state index contributed by atoms with van der Waals surface area (Å²) in [6.07, 6.45) is 9.83. The molecule has 0 saturated heterocycles. The zero-order chi connectivity index (χ0) is 21.2.